The lowest BCUT2D eigenvalue weighted by Gasteiger charge is -1.82. The summed E-state index contributed by atoms with van der Waals surface area (Å²) in [5.41, 5.74) is 0. The van der Waals surface area contributed by atoms with Crippen molar-refractivity contribution in [1.82, 2.24) is 0 Å². The number of ether oxygens (including phenoxy) is 2. The molecular formula is C10H15NO3. The minimum absolute atomic E-state index is 0.224. The molecule has 0 bridgehead atoms. The van der Waals surface area contributed by atoms with E-state index in [0.29, 0.717) is 12.6 Å². The summed E-state index contributed by atoms with van der Waals surface area (Å²) in [7, 11) is 0. The van der Waals surface area contributed by atoms with Crippen LogP contribution in [0.4, 0.5) is 0 Å². The van der Waals surface area contributed by atoms with Gasteiger partial charge in [0.05, 0.1) is 25.9 Å². The maximum atomic E-state index is 9.39. The van der Waals surface area contributed by atoms with E-state index in [1.165, 1.54) is 12.5 Å². The standard InChI is InChI=1S/C6H10O.C4H5NO2/c1-2-3-4-6-5-7-6;6-3-5-1-4-2-7-4/h2,6H,1,3-5H2;4H,1-2H2. The highest BCUT2D eigenvalue weighted by molar-refractivity contribution is 5.32. The fourth-order valence-corrected chi connectivity index (χ4v) is 0.851. The van der Waals surface area contributed by atoms with Crippen LogP contribution in [0.3, 0.4) is 0 Å². The summed E-state index contributed by atoms with van der Waals surface area (Å²) >= 11 is 0. The zero-order valence-corrected chi connectivity index (χ0v) is 8.15. The van der Waals surface area contributed by atoms with Crippen molar-refractivity contribution in [3.63, 3.8) is 0 Å². The zero-order valence-electron chi connectivity index (χ0n) is 8.15. The molecule has 0 aromatic rings. The fraction of sp³-hybridized carbons (Fsp3) is 0.700. The van der Waals surface area contributed by atoms with Crippen molar-refractivity contribution in [1.29, 1.82) is 0 Å². The third kappa shape index (κ3) is 6.54. The molecule has 0 spiro atoms. The van der Waals surface area contributed by atoms with Crippen LogP contribution in [0.25, 0.3) is 0 Å². The molecule has 2 aliphatic rings. The number of hydrogen-bond donors (Lipinski definition) is 0. The molecule has 2 fully saturated rings. The van der Waals surface area contributed by atoms with E-state index < -0.39 is 0 Å². The number of aliphatic imine (C=N–C) groups is 1. The van der Waals surface area contributed by atoms with Crippen molar-refractivity contribution < 1.29 is 14.3 Å². The second-order valence-electron chi connectivity index (χ2n) is 3.21. The normalized spacial score (nSPS) is 26.6. The molecule has 2 rings (SSSR count). The van der Waals surface area contributed by atoms with Crippen molar-refractivity contribution in [3.8, 4) is 0 Å². The van der Waals surface area contributed by atoms with E-state index in [0.717, 1.165) is 19.6 Å². The van der Waals surface area contributed by atoms with Gasteiger partial charge in [-0.3, -0.25) is 0 Å². The topological polar surface area (TPSA) is 54.5 Å². The van der Waals surface area contributed by atoms with Crippen LogP contribution in [0.1, 0.15) is 12.8 Å². The van der Waals surface area contributed by atoms with Gasteiger partial charge in [0.2, 0.25) is 6.08 Å². The molecule has 0 aromatic carbocycles. The van der Waals surface area contributed by atoms with Gasteiger partial charge in [-0.2, -0.15) is 0 Å². The summed E-state index contributed by atoms with van der Waals surface area (Å²) in [6.07, 6.45) is 6.44. The Kier molecular flexibility index (Phi) is 5.15. The maximum Gasteiger partial charge on any atom is 0.235 e. The van der Waals surface area contributed by atoms with E-state index in [2.05, 4.69) is 11.6 Å². The lowest BCUT2D eigenvalue weighted by Crippen LogP contribution is -1.87. The summed E-state index contributed by atoms with van der Waals surface area (Å²) < 4.78 is 9.70. The van der Waals surface area contributed by atoms with E-state index in [4.69, 9.17) is 9.47 Å². The number of rotatable bonds is 5. The second kappa shape index (κ2) is 6.49. The number of carbonyl (C=O) groups excluding carboxylic acids is 1. The van der Waals surface area contributed by atoms with E-state index in [-0.39, 0.29) is 6.10 Å². The largest absolute Gasteiger partial charge is 0.373 e. The Morgan fingerprint density at radius 1 is 1.43 bits per heavy atom. The molecule has 2 atom stereocenters. The lowest BCUT2D eigenvalue weighted by molar-refractivity contribution is 0.398. The van der Waals surface area contributed by atoms with Gasteiger partial charge in [0.1, 0.15) is 6.10 Å². The predicted octanol–water partition coefficient (Wildman–Crippen LogP) is 1.07. The molecule has 4 nitrogen and oxygen atoms in total. The van der Waals surface area contributed by atoms with Crippen LogP contribution in [0, 0.1) is 0 Å². The third-order valence-electron chi connectivity index (χ3n) is 1.86. The van der Waals surface area contributed by atoms with Crippen molar-refractivity contribution in [2.45, 2.75) is 25.0 Å². The molecule has 4 heteroatoms. The zero-order chi connectivity index (χ0) is 10.2. The lowest BCUT2D eigenvalue weighted by atomic mass is 10.2. The molecular weight excluding hydrogens is 182 g/mol. The molecule has 0 N–H and O–H groups in total. The molecule has 0 radical (unpaired) electrons. The van der Waals surface area contributed by atoms with Gasteiger partial charge in [-0.15, -0.1) is 6.58 Å². The van der Waals surface area contributed by atoms with Crippen LogP contribution in [0.5, 0.6) is 0 Å². The van der Waals surface area contributed by atoms with Crippen LogP contribution in [-0.2, 0) is 14.3 Å². The smallest absolute Gasteiger partial charge is 0.235 e. The van der Waals surface area contributed by atoms with Crippen LogP contribution >= 0.6 is 0 Å². The van der Waals surface area contributed by atoms with Crippen LogP contribution in [0.2, 0.25) is 0 Å². The van der Waals surface area contributed by atoms with Gasteiger partial charge in [0.25, 0.3) is 0 Å². The number of epoxide rings is 2. The molecule has 0 aliphatic carbocycles. The molecule has 2 aliphatic heterocycles. The highest BCUT2D eigenvalue weighted by atomic mass is 16.6. The van der Waals surface area contributed by atoms with Crippen molar-refractivity contribution in [3.05, 3.63) is 12.7 Å². The highest BCUT2D eigenvalue weighted by Crippen LogP contribution is 2.14. The fourth-order valence-electron chi connectivity index (χ4n) is 0.851. The first-order valence-corrected chi connectivity index (χ1v) is 4.74. The average molecular weight is 197 g/mol. The summed E-state index contributed by atoms with van der Waals surface area (Å²) in [5, 5.41) is 0. The van der Waals surface area contributed by atoms with Gasteiger partial charge in [0.15, 0.2) is 0 Å². The van der Waals surface area contributed by atoms with E-state index >= 15 is 0 Å². The molecule has 2 heterocycles. The maximum absolute atomic E-state index is 9.39. The Bertz CT molecular complexity index is 215. The summed E-state index contributed by atoms with van der Waals surface area (Å²) in [4.78, 5) is 12.7. The van der Waals surface area contributed by atoms with Gasteiger partial charge in [-0.05, 0) is 12.8 Å². The number of hydrogen-bond acceptors (Lipinski definition) is 4. The van der Waals surface area contributed by atoms with Crippen molar-refractivity contribution in [2.75, 3.05) is 19.8 Å². The van der Waals surface area contributed by atoms with Gasteiger partial charge in [-0.1, -0.05) is 6.08 Å². The van der Waals surface area contributed by atoms with Gasteiger partial charge < -0.3 is 9.47 Å². The number of allylic oxidation sites excluding steroid dienone is 1. The molecule has 2 saturated heterocycles. The second-order valence-corrected chi connectivity index (χ2v) is 3.21. The monoisotopic (exact) mass is 197 g/mol. The quantitative estimate of drug-likeness (QED) is 0.287. The Morgan fingerprint density at radius 3 is 2.50 bits per heavy atom. The minimum Gasteiger partial charge on any atom is -0.373 e. The molecule has 14 heavy (non-hydrogen) atoms. The Hall–Kier alpha value is -0.960. The summed E-state index contributed by atoms with van der Waals surface area (Å²) in [6.45, 7) is 5.83. The molecule has 0 saturated carbocycles. The first kappa shape index (κ1) is 11.1. The SMILES string of the molecule is C=CCCC1CO1.O=C=NCC1CO1. The van der Waals surface area contributed by atoms with E-state index in [1.54, 1.807) is 0 Å². The Balaban J connectivity index is 0.000000140. The predicted molar refractivity (Wildman–Crippen MR) is 51.9 cm³/mol. The Labute approximate surface area is 83.6 Å². The molecule has 78 valence electrons. The van der Waals surface area contributed by atoms with Crippen LogP contribution < -0.4 is 0 Å². The van der Waals surface area contributed by atoms with E-state index in [9.17, 15) is 4.79 Å². The third-order valence-corrected chi connectivity index (χ3v) is 1.86. The van der Waals surface area contributed by atoms with E-state index in [1.807, 2.05) is 6.08 Å². The Morgan fingerprint density at radius 2 is 2.07 bits per heavy atom. The van der Waals surface area contributed by atoms with Crippen molar-refractivity contribution >= 4 is 6.08 Å². The minimum atomic E-state index is 0.224. The molecule has 0 aromatic heterocycles. The van der Waals surface area contributed by atoms with Crippen LogP contribution in [-0.4, -0.2) is 38.0 Å². The summed E-state index contributed by atoms with van der Waals surface area (Å²) in [5.74, 6) is 0. The van der Waals surface area contributed by atoms with Crippen molar-refractivity contribution in [2.24, 2.45) is 4.99 Å². The molecule has 2 unspecified atom stereocenters. The van der Waals surface area contributed by atoms with Gasteiger partial charge >= 0.3 is 0 Å². The first-order chi connectivity index (χ1) is 6.86. The van der Waals surface area contributed by atoms with Crippen LogP contribution in [0.15, 0.2) is 17.6 Å². The number of nitrogens with zero attached hydrogens (tertiary/aromatic N) is 1. The van der Waals surface area contributed by atoms with Gasteiger partial charge in [0, 0.05) is 0 Å². The van der Waals surface area contributed by atoms with Gasteiger partial charge in [-0.25, -0.2) is 9.79 Å². The average Bonchev–Trinajstić information content (AvgIpc) is 3.04. The highest BCUT2D eigenvalue weighted by Gasteiger charge is 2.21. The first-order valence-electron chi connectivity index (χ1n) is 4.74. The summed E-state index contributed by atoms with van der Waals surface area (Å²) in [6, 6.07) is 0. The molecule has 0 amide bonds. The number of isocyanates is 1.